The summed E-state index contributed by atoms with van der Waals surface area (Å²) in [7, 11) is 0. The van der Waals surface area contributed by atoms with Crippen LogP contribution in [0.5, 0.6) is 0 Å². The van der Waals surface area contributed by atoms with Gasteiger partial charge in [-0.2, -0.15) is 5.26 Å². The van der Waals surface area contributed by atoms with Crippen LogP contribution >= 0.6 is 0 Å². The topological polar surface area (TPSA) is 45.8 Å². The number of benzene rings is 1. The minimum atomic E-state index is -0.697. The van der Waals surface area contributed by atoms with Crippen molar-refractivity contribution in [3.8, 4) is 6.07 Å². The molecule has 5 heteroatoms. The Hall–Kier alpha value is -2.48. The average molecular weight is 260 g/mol. The fourth-order valence-corrected chi connectivity index (χ4v) is 1.84. The molecule has 0 aliphatic rings. The Morgan fingerprint density at radius 1 is 1.21 bits per heavy atom. The number of pyridine rings is 1. The molecule has 0 atom stereocenters. The first-order chi connectivity index (χ1) is 9.01. The molecule has 0 amide bonds. The number of halogens is 2. The molecule has 0 fully saturated rings. The van der Waals surface area contributed by atoms with Gasteiger partial charge in [0.25, 0.3) is 5.56 Å². The monoisotopic (exact) mass is 260 g/mol. The standard InChI is InChI=1S/C14H10F2N2O/c1-9-2-3-11(7-17)14(19)18(9)8-10-4-12(15)6-13(16)5-10/h2-6H,8H2,1H3. The molecular weight excluding hydrogens is 250 g/mol. The molecule has 0 aliphatic heterocycles. The molecule has 2 rings (SSSR count). The number of hydrogen-bond donors (Lipinski definition) is 0. The zero-order valence-electron chi connectivity index (χ0n) is 10.2. The van der Waals surface area contributed by atoms with Crippen LogP contribution in [0.1, 0.15) is 16.8 Å². The second-order valence-electron chi connectivity index (χ2n) is 4.17. The van der Waals surface area contributed by atoms with Gasteiger partial charge < -0.3 is 4.57 Å². The van der Waals surface area contributed by atoms with E-state index in [9.17, 15) is 13.6 Å². The van der Waals surface area contributed by atoms with Crippen LogP contribution in [-0.2, 0) is 6.54 Å². The third-order valence-electron chi connectivity index (χ3n) is 2.78. The van der Waals surface area contributed by atoms with E-state index in [0.29, 0.717) is 11.3 Å². The molecule has 3 nitrogen and oxygen atoms in total. The quantitative estimate of drug-likeness (QED) is 0.832. The van der Waals surface area contributed by atoms with Gasteiger partial charge in [0.1, 0.15) is 23.3 Å². The summed E-state index contributed by atoms with van der Waals surface area (Å²) in [5.41, 5.74) is 0.487. The molecular formula is C14H10F2N2O. The summed E-state index contributed by atoms with van der Waals surface area (Å²) in [6, 6.07) is 7.93. The molecule has 1 heterocycles. The van der Waals surface area contributed by atoms with E-state index in [1.165, 1.54) is 10.6 Å². The van der Waals surface area contributed by atoms with Gasteiger partial charge in [-0.25, -0.2) is 8.78 Å². The summed E-state index contributed by atoms with van der Waals surface area (Å²) in [5.74, 6) is -1.39. The Kier molecular flexibility index (Phi) is 3.43. The van der Waals surface area contributed by atoms with Gasteiger partial charge in [0.15, 0.2) is 0 Å². The molecule has 0 radical (unpaired) electrons. The molecule has 2 aromatic rings. The number of rotatable bonds is 2. The minimum absolute atomic E-state index is 0.00229. The lowest BCUT2D eigenvalue weighted by Gasteiger charge is -2.10. The summed E-state index contributed by atoms with van der Waals surface area (Å²) in [6.45, 7) is 1.72. The third kappa shape index (κ3) is 2.68. The van der Waals surface area contributed by atoms with E-state index in [0.717, 1.165) is 18.2 Å². The lowest BCUT2D eigenvalue weighted by Crippen LogP contribution is -2.24. The highest BCUT2D eigenvalue weighted by molar-refractivity contribution is 5.28. The lowest BCUT2D eigenvalue weighted by atomic mass is 10.2. The van der Waals surface area contributed by atoms with Crippen LogP contribution in [0.25, 0.3) is 0 Å². The first-order valence-electron chi connectivity index (χ1n) is 5.57. The Bertz CT molecular complexity index is 709. The molecule has 19 heavy (non-hydrogen) atoms. The Labute approximate surface area is 108 Å². The molecule has 0 saturated carbocycles. The first kappa shape index (κ1) is 13.0. The molecule has 0 spiro atoms. The number of nitrogens with zero attached hydrogens (tertiary/aromatic N) is 2. The zero-order chi connectivity index (χ0) is 14.0. The number of aryl methyl sites for hydroxylation is 1. The van der Waals surface area contributed by atoms with Crippen LogP contribution in [0.3, 0.4) is 0 Å². The van der Waals surface area contributed by atoms with Crippen LogP contribution < -0.4 is 5.56 Å². The lowest BCUT2D eigenvalue weighted by molar-refractivity contribution is 0.576. The van der Waals surface area contributed by atoms with Gasteiger partial charge in [0.05, 0.1) is 6.54 Å². The molecule has 1 aromatic carbocycles. The maximum Gasteiger partial charge on any atom is 0.268 e. The summed E-state index contributed by atoms with van der Waals surface area (Å²) in [4.78, 5) is 11.9. The maximum absolute atomic E-state index is 13.1. The SMILES string of the molecule is Cc1ccc(C#N)c(=O)n1Cc1cc(F)cc(F)c1. The van der Waals surface area contributed by atoms with Gasteiger partial charge in [0.2, 0.25) is 0 Å². The van der Waals surface area contributed by atoms with Crippen molar-refractivity contribution < 1.29 is 8.78 Å². The van der Waals surface area contributed by atoms with E-state index in [4.69, 9.17) is 5.26 Å². The van der Waals surface area contributed by atoms with E-state index in [1.807, 2.05) is 0 Å². The normalized spacial score (nSPS) is 10.2. The number of aromatic nitrogens is 1. The molecule has 0 aliphatic carbocycles. The highest BCUT2D eigenvalue weighted by Crippen LogP contribution is 2.10. The molecule has 1 aromatic heterocycles. The van der Waals surface area contributed by atoms with Crippen molar-refractivity contribution in [2.75, 3.05) is 0 Å². The summed E-state index contributed by atoms with van der Waals surface area (Å²) >= 11 is 0. The molecule has 0 bridgehead atoms. The van der Waals surface area contributed by atoms with Crippen molar-refractivity contribution in [2.24, 2.45) is 0 Å². The Morgan fingerprint density at radius 2 is 1.84 bits per heavy atom. The van der Waals surface area contributed by atoms with Crippen molar-refractivity contribution in [2.45, 2.75) is 13.5 Å². The van der Waals surface area contributed by atoms with Crippen molar-refractivity contribution in [1.29, 1.82) is 5.26 Å². The summed E-state index contributed by atoms with van der Waals surface area (Å²) in [5, 5.41) is 8.80. The smallest absolute Gasteiger partial charge is 0.268 e. The molecule has 96 valence electrons. The van der Waals surface area contributed by atoms with Gasteiger partial charge in [0, 0.05) is 11.8 Å². The first-order valence-corrected chi connectivity index (χ1v) is 5.57. The van der Waals surface area contributed by atoms with E-state index in [-0.39, 0.29) is 12.1 Å². The highest BCUT2D eigenvalue weighted by atomic mass is 19.1. The number of nitriles is 1. The van der Waals surface area contributed by atoms with Crippen LogP contribution in [0.15, 0.2) is 35.1 Å². The predicted octanol–water partition coefficient (Wildman–Crippen LogP) is 2.35. The Balaban J connectivity index is 2.49. The van der Waals surface area contributed by atoms with E-state index in [1.54, 1.807) is 19.1 Å². The maximum atomic E-state index is 13.1. The van der Waals surface area contributed by atoms with E-state index in [2.05, 4.69) is 0 Å². The predicted molar refractivity (Wildman–Crippen MR) is 65.6 cm³/mol. The second kappa shape index (κ2) is 5.02. The van der Waals surface area contributed by atoms with E-state index < -0.39 is 17.2 Å². The highest BCUT2D eigenvalue weighted by Gasteiger charge is 2.08. The van der Waals surface area contributed by atoms with Crippen molar-refractivity contribution >= 4 is 0 Å². The Morgan fingerprint density at radius 3 is 2.42 bits per heavy atom. The molecule has 0 saturated heterocycles. The van der Waals surface area contributed by atoms with Crippen molar-refractivity contribution in [3.63, 3.8) is 0 Å². The number of hydrogen-bond acceptors (Lipinski definition) is 2. The van der Waals surface area contributed by atoms with Gasteiger partial charge in [-0.3, -0.25) is 4.79 Å². The van der Waals surface area contributed by atoms with Crippen LogP contribution in [0, 0.1) is 29.9 Å². The van der Waals surface area contributed by atoms with Gasteiger partial charge >= 0.3 is 0 Å². The van der Waals surface area contributed by atoms with Gasteiger partial charge in [-0.15, -0.1) is 0 Å². The fraction of sp³-hybridized carbons (Fsp3) is 0.143. The third-order valence-corrected chi connectivity index (χ3v) is 2.78. The van der Waals surface area contributed by atoms with Crippen molar-refractivity contribution in [1.82, 2.24) is 4.57 Å². The fourth-order valence-electron chi connectivity index (χ4n) is 1.84. The summed E-state index contributed by atoms with van der Waals surface area (Å²) < 4.78 is 27.5. The molecule has 0 unspecified atom stereocenters. The summed E-state index contributed by atoms with van der Waals surface area (Å²) in [6.07, 6.45) is 0. The molecule has 0 N–H and O–H groups in total. The van der Waals surface area contributed by atoms with Crippen molar-refractivity contribution in [3.05, 3.63) is 69.1 Å². The zero-order valence-corrected chi connectivity index (χ0v) is 10.2. The van der Waals surface area contributed by atoms with Crippen LogP contribution in [-0.4, -0.2) is 4.57 Å². The van der Waals surface area contributed by atoms with Gasteiger partial charge in [-0.1, -0.05) is 0 Å². The van der Waals surface area contributed by atoms with Gasteiger partial charge in [-0.05, 0) is 36.8 Å². The van der Waals surface area contributed by atoms with E-state index >= 15 is 0 Å². The second-order valence-corrected chi connectivity index (χ2v) is 4.17. The average Bonchev–Trinajstić information content (AvgIpc) is 2.33. The minimum Gasteiger partial charge on any atom is -0.307 e. The van der Waals surface area contributed by atoms with Crippen LogP contribution in [0.4, 0.5) is 8.78 Å². The largest absolute Gasteiger partial charge is 0.307 e. The van der Waals surface area contributed by atoms with Crippen LogP contribution in [0.2, 0.25) is 0 Å².